The fraction of sp³-hybridized carbons (Fsp3) is 0.333. The van der Waals surface area contributed by atoms with E-state index in [2.05, 4.69) is 35.4 Å². The van der Waals surface area contributed by atoms with Gasteiger partial charge in [-0.2, -0.15) is 0 Å². The highest BCUT2D eigenvalue weighted by Gasteiger charge is 2.26. The first-order chi connectivity index (χ1) is 12.6. The molecule has 5 nitrogen and oxygen atoms in total. The lowest BCUT2D eigenvalue weighted by atomic mass is 9.97. The van der Waals surface area contributed by atoms with Crippen molar-refractivity contribution in [3.05, 3.63) is 59.4 Å². The van der Waals surface area contributed by atoms with Gasteiger partial charge >= 0.3 is 6.03 Å². The molecular weight excluding hydrogens is 324 g/mol. The van der Waals surface area contributed by atoms with Gasteiger partial charge in [-0.25, -0.2) is 9.78 Å². The summed E-state index contributed by atoms with van der Waals surface area (Å²) < 4.78 is 0. The van der Waals surface area contributed by atoms with Gasteiger partial charge in [0.2, 0.25) is 0 Å². The zero-order valence-corrected chi connectivity index (χ0v) is 15.2. The number of carbonyl (C=O) groups excluding carboxylic acids is 1. The number of hydrogen-bond donors (Lipinski definition) is 2. The second-order valence-electron chi connectivity index (χ2n) is 7.23. The number of hydrogen-bond acceptors (Lipinski definition) is 2. The number of benzene rings is 2. The maximum Gasteiger partial charge on any atom is 0.321 e. The molecule has 26 heavy (non-hydrogen) atoms. The first-order valence-electron chi connectivity index (χ1n) is 9.17. The highest BCUT2D eigenvalue weighted by Crippen LogP contribution is 2.27. The van der Waals surface area contributed by atoms with Crippen molar-refractivity contribution in [2.75, 3.05) is 18.4 Å². The number of nitrogens with zero attached hydrogens (tertiary/aromatic N) is 2. The fourth-order valence-electron chi connectivity index (χ4n) is 3.65. The second kappa shape index (κ2) is 6.83. The molecule has 1 atom stereocenters. The molecule has 134 valence electrons. The van der Waals surface area contributed by atoms with Gasteiger partial charge in [0, 0.05) is 24.7 Å². The van der Waals surface area contributed by atoms with Gasteiger partial charge in [-0.05, 0) is 62.1 Å². The Kier molecular flexibility index (Phi) is 4.37. The number of imidazole rings is 1. The average Bonchev–Trinajstić information content (AvgIpc) is 3.05. The molecule has 5 heteroatoms. The molecule has 1 fully saturated rings. The van der Waals surface area contributed by atoms with Gasteiger partial charge in [-0.15, -0.1) is 0 Å². The van der Waals surface area contributed by atoms with Crippen molar-refractivity contribution in [3.8, 4) is 0 Å². The molecule has 0 spiro atoms. The summed E-state index contributed by atoms with van der Waals surface area (Å²) in [6.45, 7) is 5.58. The van der Waals surface area contributed by atoms with Crippen LogP contribution in [0, 0.1) is 13.8 Å². The molecular formula is C21H24N4O. The number of piperidine rings is 1. The van der Waals surface area contributed by atoms with Crippen LogP contribution in [0.1, 0.15) is 35.7 Å². The van der Waals surface area contributed by atoms with Gasteiger partial charge in [0.1, 0.15) is 5.82 Å². The molecule has 2 N–H and O–H groups in total. The van der Waals surface area contributed by atoms with Crippen LogP contribution in [0.5, 0.6) is 0 Å². The lowest BCUT2D eigenvalue weighted by Crippen LogP contribution is -2.41. The number of urea groups is 1. The van der Waals surface area contributed by atoms with Crippen LogP contribution in [0.15, 0.2) is 42.5 Å². The summed E-state index contributed by atoms with van der Waals surface area (Å²) >= 11 is 0. The minimum atomic E-state index is -0.0349. The van der Waals surface area contributed by atoms with E-state index < -0.39 is 0 Å². The number of anilines is 1. The number of H-pyrrole nitrogens is 1. The number of rotatable bonds is 2. The standard InChI is InChI=1S/C21H24N4O/c1-14-5-3-7-17(11-14)22-21(26)25-10-4-6-16(13-25)20-23-18-9-8-15(2)12-19(18)24-20/h3,5,7-9,11-12,16H,4,6,10,13H2,1-2H3,(H,22,26)(H,23,24). The minimum Gasteiger partial charge on any atom is -0.342 e. The Morgan fingerprint density at radius 2 is 2.04 bits per heavy atom. The normalized spacial score (nSPS) is 17.5. The van der Waals surface area contributed by atoms with Crippen molar-refractivity contribution < 1.29 is 4.79 Å². The van der Waals surface area contributed by atoms with E-state index in [0.29, 0.717) is 6.54 Å². The SMILES string of the molecule is Cc1cccc(NC(=O)N2CCCC(c3nc4ccc(C)cc4[nH]3)C2)c1. The number of amides is 2. The highest BCUT2D eigenvalue weighted by molar-refractivity contribution is 5.89. The van der Waals surface area contributed by atoms with Crippen molar-refractivity contribution in [3.63, 3.8) is 0 Å². The summed E-state index contributed by atoms with van der Waals surface area (Å²) in [6.07, 6.45) is 2.04. The number of aromatic amines is 1. The molecule has 2 heterocycles. The van der Waals surface area contributed by atoms with Gasteiger partial charge in [-0.1, -0.05) is 18.2 Å². The molecule has 1 aliphatic heterocycles. The molecule has 2 aromatic carbocycles. The number of likely N-dealkylation sites (tertiary alicyclic amines) is 1. The Bertz CT molecular complexity index is 946. The summed E-state index contributed by atoms with van der Waals surface area (Å²) in [5, 5.41) is 3.01. The van der Waals surface area contributed by atoms with Gasteiger partial charge in [0.05, 0.1) is 11.0 Å². The van der Waals surface area contributed by atoms with E-state index in [-0.39, 0.29) is 11.9 Å². The quantitative estimate of drug-likeness (QED) is 0.711. The van der Waals surface area contributed by atoms with Crippen molar-refractivity contribution in [2.45, 2.75) is 32.6 Å². The smallest absolute Gasteiger partial charge is 0.321 e. The lowest BCUT2D eigenvalue weighted by Gasteiger charge is -2.31. The molecule has 2 amide bonds. The Labute approximate surface area is 153 Å². The topological polar surface area (TPSA) is 61.0 Å². The van der Waals surface area contributed by atoms with Crippen LogP contribution >= 0.6 is 0 Å². The van der Waals surface area contributed by atoms with Crippen LogP contribution in [0.3, 0.4) is 0 Å². The van der Waals surface area contributed by atoms with Crippen LogP contribution in [0.4, 0.5) is 10.5 Å². The lowest BCUT2D eigenvalue weighted by molar-refractivity contribution is 0.191. The predicted molar refractivity (Wildman–Crippen MR) is 105 cm³/mol. The van der Waals surface area contributed by atoms with E-state index in [1.807, 2.05) is 36.1 Å². The van der Waals surface area contributed by atoms with Crippen molar-refractivity contribution in [2.24, 2.45) is 0 Å². The van der Waals surface area contributed by atoms with Gasteiger partial charge in [0.25, 0.3) is 0 Å². The van der Waals surface area contributed by atoms with Crippen LogP contribution in [-0.2, 0) is 0 Å². The molecule has 3 aromatic rings. The Hall–Kier alpha value is -2.82. The number of carbonyl (C=O) groups is 1. The largest absolute Gasteiger partial charge is 0.342 e. The summed E-state index contributed by atoms with van der Waals surface area (Å²) in [5.41, 5.74) is 5.26. The number of aryl methyl sites for hydroxylation is 2. The Morgan fingerprint density at radius 3 is 2.88 bits per heavy atom. The van der Waals surface area contributed by atoms with E-state index in [1.165, 1.54) is 5.56 Å². The zero-order valence-electron chi connectivity index (χ0n) is 15.2. The molecule has 0 bridgehead atoms. The maximum absolute atomic E-state index is 12.7. The molecule has 4 rings (SSSR count). The van der Waals surface area contributed by atoms with Gasteiger partial charge in [0.15, 0.2) is 0 Å². The van der Waals surface area contributed by atoms with Crippen molar-refractivity contribution in [1.29, 1.82) is 0 Å². The molecule has 1 unspecified atom stereocenters. The third-order valence-corrected chi connectivity index (χ3v) is 5.02. The second-order valence-corrected chi connectivity index (χ2v) is 7.23. The maximum atomic E-state index is 12.7. The Morgan fingerprint density at radius 1 is 1.19 bits per heavy atom. The molecule has 1 aromatic heterocycles. The minimum absolute atomic E-state index is 0.0349. The first-order valence-corrected chi connectivity index (χ1v) is 9.17. The van der Waals surface area contributed by atoms with E-state index in [1.54, 1.807) is 0 Å². The summed E-state index contributed by atoms with van der Waals surface area (Å²) in [6, 6.07) is 14.1. The summed E-state index contributed by atoms with van der Waals surface area (Å²) in [4.78, 5) is 22.8. The fourth-order valence-corrected chi connectivity index (χ4v) is 3.65. The van der Waals surface area contributed by atoms with Crippen LogP contribution in [0.2, 0.25) is 0 Å². The van der Waals surface area contributed by atoms with E-state index in [4.69, 9.17) is 4.98 Å². The first kappa shape index (κ1) is 16.6. The molecule has 0 radical (unpaired) electrons. The van der Waals surface area contributed by atoms with E-state index in [9.17, 15) is 4.79 Å². The molecule has 0 saturated carbocycles. The van der Waals surface area contributed by atoms with Crippen molar-refractivity contribution >= 4 is 22.8 Å². The van der Waals surface area contributed by atoms with Gasteiger partial charge < -0.3 is 15.2 Å². The van der Waals surface area contributed by atoms with E-state index in [0.717, 1.165) is 47.5 Å². The third-order valence-electron chi connectivity index (χ3n) is 5.02. The molecule has 1 aliphatic rings. The number of nitrogens with one attached hydrogen (secondary N) is 2. The van der Waals surface area contributed by atoms with E-state index >= 15 is 0 Å². The summed E-state index contributed by atoms with van der Waals surface area (Å²) in [5.74, 6) is 1.23. The molecule has 0 aliphatic carbocycles. The summed E-state index contributed by atoms with van der Waals surface area (Å²) in [7, 11) is 0. The monoisotopic (exact) mass is 348 g/mol. The number of fused-ring (bicyclic) bond motifs is 1. The van der Waals surface area contributed by atoms with Crippen LogP contribution in [0.25, 0.3) is 11.0 Å². The third kappa shape index (κ3) is 3.43. The molecule has 1 saturated heterocycles. The van der Waals surface area contributed by atoms with Crippen LogP contribution < -0.4 is 5.32 Å². The average molecular weight is 348 g/mol. The number of aromatic nitrogens is 2. The van der Waals surface area contributed by atoms with Gasteiger partial charge in [-0.3, -0.25) is 0 Å². The predicted octanol–water partition coefficient (Wildman–Crippen LogP) is 4.59. The van der Waals surface area contributed by atoms with Crippen molar-refractivity contribution in [1.82, 2.24) is 14.9 Å². The Balaban J connectivity index is 1.48. The zero-order chi connectivity index (χ0) is 18.1. The highest BCUT2D eigenvalue weighted by atomic mass is 16.2. The van der Waals surface area contributed by atoms with Crippen LogP contribution in [-0.4, -0.2) is 34.0 Å².